The van der Waals surface area contributed by atoms with Crippen LogP contribution < -0.4 is 10.3 Å². The number of aromatic amines is 1. The number of unbranched alkanes of at least 4 members (excludes halogenated alkanes) is 1. The van der Waals surface area contributed by atoms with Crippen molar-refractivity contribution in [3.8, 4) is 5.75 Å². The van der Waals surface area contributed by atoms with Crippen molar-refractivity contribution < 1.29 is 9.94 Å². The summed E-state index contributed by atoms with van der Waals surface area (Å²) in [5, 5.41) is 11.7. The summed E-state index contributed by atoms with van der Waals surface area (Å²) in [6, 6.07) is 9.09. The van der Waals surface area contributed by atoms with Crippen molar-refractivity contribution in [3.63, 3.8) is 0 Å². The Kier molecular flexibility index (Phi) is 5.27. The van der Waals surface area contributed by atoms with E-state index in [-0.39, 0.29) is 5.56 Å². The minimum atomic E-state index is -0.0994. The van der Waals surface area contributed by atoms with Crippen LogP contribution in [-0.4, -0.2) is 59.5 Å². The van der Waals surface area contributed by atoms with Crippen LogP contribution in [0.4, 0.5) is 0 Å². The molecule has 6 nitrogen and oxygen atoms in total. The lowest BCUT2D eigenvalue weighted by molar-refractivity contribution is -0.117. The molecule has 0 aliphatic carbocycles. The van der Waals surface area contributed by atoms with Crippen LogP contribution in [0.15, 0.2) is 35.1 Å². The minimum Gasteiger partial charge on any atom is -0.494 e. The smallest absolute Gasteiger partial charge is 0.248 e. The molecule has 0 atom stereocenters. The summed E-state index contributed by atoms with van der Waals surface area (Å²) in [7, 11) is 0. The fourth-order valence-electron chi connectivity index (χ4n) is 2.81. The molecule has 1 fully saturated rings. The van der Waals surface area contributed by atoms with E-state index in [2.05, 4.69) is 9.88 Å². The second kappa shape index (κ2) is 7.59. The van der Waals surface area contributed by atoms with Gasteiger partial charge in [0.1, 0.15) is 5.75 Å². The molecule has 0 bridgehead atoms. The van der Waals surface area contributed by atoms with Gasteiger partial charge in [0.2, 0.25) is 5.56 Å². The molecule has 1 aliphatic rings. The Morgan fingerprint density at radius 1 is 1.09 bits per heavy atom. The van der Waals surface area contributed by atoms with E-state index >= 15 is 0 Å². The molecule has 3 rings (SSSR count). The number of aromatic nitrogens is 1. The molecule has 6 heteroatoms. The lowest BCUT2D eigenvalue weighted by Gasteiger charge is -2.30. The van der Waals surface area contributed by atoms with Gasteiger partial charge in [0.15, 0.2) is 0 Å². The number of rotatable bonds is 6. The lowest BCUT2D eigenvalue weighted by Crippen LogP contribution is -2.45. The van der Waals surface area contributed by atoms with Crippen LogP contribution in [-0.2, 0) is 0 Å². The van der Waals surface area contributed by atoms with Gasteiger partial charge in [-0.3, -0.25) is 4.79 Å². The van der Waals surface area contributed by atoms with Gasteiger partial charge >= 0.3 is 0 Å². The number of piperazine rings is 1. The predicted molar refractivity (Wildman–Crippen MR) is 89.1 cm³/mol. The first-order valence-corrected chi connectivity index (χ1v) is 8.13. The van der Waals surface area contributed by atoms with Crippen LogP contribution in [0.3, 0.4) is 0 Å². The minimum absolute atomic E-state index is 0.0994. The number of hydrogen-bond donors (Lipinski definition) is 2. The van der Waals surface area contributed by atoms with E-state index in [1.807, 2.05) is 24.3 Å². The zero-order valence-electron chi connectivity index (χ0n) is 13.2. The Morgan fingerprint density at radius 3 is 2.70 bits per heavy atom. The molecule has 1 aromatic heterocycles. The van der Waals surface area contributed by atoms with E-state index in [0.717, 1.165) is 62.2 Å². The van der Waals surface area contributed by atoms with Gasteiger partial charge < -0.3 is 19.8 Å². The average Bonchev–Trinajstić information content (AvgIpc) is 2.56. The summed E-state index contributed by atoms with van der Waals surface area (Å²) in [5.41, 5.74) is 0.703. The van der Waals surface area contributed by atoms with Gasteiger partial charge in [-0.05, 0) is 43.0 Å². The quantitative estimate of drug-likeness (QED) is 0.794. The fourth-order valence-corrected chi connectivity index (χ4v) is 2.81. The molecule has 0 radical (unpaired) electrons. The number of hydroxylamine groups is 2. The molecule has 2 N–H and O–H groups in total. The Morgan fingerprint density at radius 2 is 1.87 bits per heavy atom. The number of nitrogens with one attached hydrogen (secondary N) is 1. The Bertz CT molecular complexity index is 693. The number of pyridine rings is 1. The van der Waals surface area contributed by atoms with E-state index in [0.29, 0.717) is 6.61 Å². The first-order valence-electron chi connectivity index (χ1n) is 8.13. The van der Waals surface area contributed by atoms with E-state index in [9.17, 15) is 10.0 Å². The van der Waals surface area contributed by atoms with Gasteiger partial charge in [0.25, 0.3) is 0 Å². The maximum atomic E-state index is 11.3. The predicted octanol–water partition coefficient (Wildman–Crippen LogP) is 1.69. The van der Waals surface area contributed by atoms with Gasteiger partial charge in [-0.15, -0.1) is 0 Å². The number of benzene rings is 1. The largest absolute Gasteiger partial charge is 0.494 e. The zero-order valence-corrected chi connectivity index (χ0v) is 13.2. The summed E-state index contributed by atoms with van der Waals surface area (Å²) in [4.78, 5) is 16.5. The molecule has 0 unspecified atom stereocenters. The monoisotopic (exact) mass is 317 g/mol. The summed E-state index contributed by atoms with van der Waals surface area (Å²) in [6.07, 6.45) is 2.07. The third-order valence-corrected chi connectivity index (χ3v) is 4.18. The van der Waals surface area contributed by atoms with E-state index in [4.69, 9.17) is 4.74 Å². The van der Waals surface area contributed by atoms with Crippen LogP contribution in [0.1, 0.15) is 12.8 Å². The second-order valence-corrected chi connectivity index (χ2v) is 5.92. The highest BCUT2D eigenvalue weighted by Crippen LogP contribution is 2.18. The van der Waals surface area contributed by atoms with Gasteiger partial charge in [-0.25, -0.2) is 0 Å². The number of fused-ring (bicyclic) bond motifs is 1. The highest BCUT2D eigenvalue weighted by molar-refractivity contribution is 5.79. The van der Waals surface area contributed by atoms with Crippen LogP contribution in [0.5, 0.6) is 5.75 Å². The summed E-state index contributed by atoms with van der Waals surface area (Å²) in [6.45, 7) is 5.02. The molecule has 23 heavy (non-hydrogen) atoms. The topological polar surface area (TPSA) is 68.8 Å². The first-order chi connectivity index (χ1) is 11.2. The second-order valence-electron chi connectivity index (χ2n) is 5.92. The zero-order chi connectivity index (χ0) is 16.1. The number of nitrogens with zero attached hydrogens (tertiary/aromatic N) is 2. The Hall–Kier alpha value is -1.89. The molecular formula is C17H23N3O3. The molecule has 0 saturated carbocycles. The highest BCUT2D eigenvalue weighted by atomic mass is 16.5. The number of ether oxygens (including phenoxy) is 1. The molecule has 1 aromatic carbocycles. The van der Waals surface area contributed by atoms with Crippen molar-refractivity contribution in [1.29, 1.82) is 0 Å². The Labute approximate surface area is 135 Å². The van der Waals surface area contributed by atoms with Gasteiger partial charge in [0, 0.05) is 38.3 Å². The van der Waals surface area contributed by atoms with Crippen LogP contribution in [0.25, 0.3) is 10.9 Å². The molecule has 124 valence electrons. The Balaban J connectivity index is 1.41. The van der Waals surface area contributed by atoms with Crippen LogP contribution in [0, 0.1) is 0 Å². The van der Waals surface area contributed by atoms with Crippen molar-refractivity contribution in [1.82, 2.24) is 14.9 Å². The molecule has 0 amide bonds. The van der Waals surface area contributed by atoms with Gasteiger partial charge in [-0.1, -0.05) is 0 Å². The van der Waals surface area contributed by atoms with E-state index in [1.54, 1.807) is 0 Å². The fraction of sp³-hybridized carbons (Fsp3) is 0.471. The standard InChI is InChI=1S/C17H23N3O3/c21-17-6-4-14-3-5-15(13-16(14)18-17)23-12-2-1-7-19-8-10-20(22)11-9-19/h3-6,13,22H,1-2,7-12H2,(H,18,21). The molecule has 2 aromatic rings. The molecule has 1 saturated heterocycles. The number of hydrogen-bond acceptors (Lipinski definition) is 5. The van der Waals surface area contributed by atoms with Crippen LogP contribution >= 0.6 is 0 Å². The molecule has 0 spiro atoms. The van der Waals surface area contributed by atoms with Crippen molar-refractivity contribution in [3.05, 3.63) is 40.7 Å². The number of H-pyrrole nitrogens is 1. The van der Waals surface area contributed by atoms with E-state index < -0.39 is 0 Å². The van der Waals surface area contributed by atoms with Crippen molar-refractivity contribution in [2.24, 2.45) is 0 Å². The lowest BCUT2D eigenvalue weighted by atomic mass is 10.2. The SMILES string of the molecule is O=c1ccc2ccc(OCCCCN3CCN(O)CC3)cc2[nH]1. The van der Waals surface area contributed by atoms with Crippen molar-refractivity contribution in [2.75, 3.05) is 39.3 Å². The maximum Gasteiger partial charge on any atom is 0.248 e. The first kappa shape index (κ1) is 16.0. The molecule has 1 aliphatic heterocycles. The molecular weight excluding hydrogens is 294 g/mol. The highest BCUT2D eigenvalue weighted by Gasteiger charge is 2.13. The third kappa shape index (κ3) is 4.54. The van der Waals surface area contributed by atoms with Crippen LogP contribution in [0.2, 0.25) is 0 Å². The van der Waals surface area contributed by atoms with Gasteiger partial charge in [-0.2, -0.15) is 5.06 Å². The van der Waals surface area contributed by atoms with Crippen molar-refractivity contribution in [2.45, 2.75) is 12.8 Å². The molecule has 2 heterocycles. The maximum absolute atomic E-state index is 11.3. The summed E-state index contributed by atoms with van der Waals surface area (Å²) >= 11 is 0. The summed E-state index contributed by atoms with van der Waals surface area (Å²) < 4.78 is 5.77. The van der Waals surface area contributed by atoms with Crippen molar-refractivity contribution >= 4 is 10.9 Å². The summed E-state index contributed by atoms with van der Waals surface area (Å²) in [5.74, 6) is 0.785. The normalized spacial score (nSPS) is 16.7. The van der Waals surface area contributed by atoms with E-state index in [1.165, 1.54) is 11.1 Å². The van der Waals surface area contributed by atoms with Gasteiger partial charge in [0.05, 0.1) is 12.1 Å². The third-order valence-electron chi connectivity index (χ3n) is 4.18. The average molecular weight is 317 g/mol.